The van der Waals surface area contributed by atoms with E-state index in [-0.39, 0.29) is 59.5 Å². The van der Waals surface area contributed by atoms with E-state index in [0.29, 0.717) is 32.2 Å². The molecule has 0 aromatic carbocycles. The van der Waals surface area contributed by atoms with Crippen LogP contribution in [0.25, 0.3) is 0 Å². The summed E-state index contributed by atoms with van der Waals surface area (Å²) in [5, 5.41) is 23.1. The van der Waals surface area contributed by atoms with Crippen LogP contribution < -0.4 is 21.4 Å². The van der Waals surface area contributed by atoms with Crippen LogP contribution in [0.1, 0.15) is 65.2 Å². The Hall–Kier alpha value is -1.03. The summed E-state index contributed by atoms with van der Waals surface area (Å²) >= 11 is 6.88. The predicted octanol–water partition coefficient (Wildman–Crippen LogP) is 1.84. The number of hydrazine groups is 1. The summed E-state index contributed by atoms with van der Waals surface area (Å²) in [4.78, 5) is 15.0. The average molecular weight is 596 g/mol. The first-order valence-corrected chi connectivity index (χ1v) is 16.4. The van der Waals surface area contributed by atoms with Crippen molar-refractivity contribution >= 4 is 17.5 Å². The topological polar surface area (TPSA) is 114 Å². The maximum absolute atomic E-state index is 12.9. The molecular formula is C30H54ClN7O3. The van der Waals surface area contributed by atoms with Gasteiger partial charge < -0.3 is 30.3 Å². The third-order valence-electron chi connectivity index (χ3n) is 9.44. The molecule has 2 saturated heterocycles. The Bertz CT molecular complexity index is 860. The molecule has 10 atom stereocenters. The molecule has 2 saturated carbocycles. The van der Waals surface area contributed by atoms with E-state index in [1.807, 2.05) is 21.0 Å². The number of halogens is 1. The molecule has 0 bridgehead atoms. The maximum Gasteiger partial charge on any atom is 0.220 e. The predicted molar refractivity (Wildman–Crippen MR) is 161 cm³/mol. The van der Waals surface area contributed by atoms with E-state index in [2.05, 4.69) is 44.3 Å². The van der Waals surface area contributed by atoms with Crippen molar-refractivity contribution in [3.8, 4) is 6.07 Å². The van der Waals surface area contributed by atoms with Gasteiger partial charge in [-0.1, -0.05) is 0 Å². The number of hydrogen-bond donors (Lipinski definition) is 4. The zero-order valence-electron chi connectivity index (χ0n) is 25.6. The molecule has 10 unspecified atom stereocenters. The smallest absolute Gasteiger partial charge is 0.220 e. The monoisotopic (exact) mass is 595 g/mol. The van der Waals surface area contributed by atoms with E-state index in [0.717, 1.165) is 58.2 Å². The Morgan fingerprint density at radius 1 is 1.17 bits per heavy atom. The molecule has 2 aliphatic carbocycles. The summed E-state index contributed by atoms with van der Waals surface area (Å²) in [7, 11) is 4.05. The molecule has 4 rings (SSSR count). The van der Waals surface area contributed by atoms with Gasteiger partial charge in [-0.2, -0.15) is 5.26 Å². The molecule has 10 nitrogen and oxygen atoms in total. The van der Waals surface area contributed by atoms with Gasteiger partial charge in [-0.25, -0.2) is 5.01 Å². The number of nitrogens with one attached hydrogen (secondary N) is 4. The minimum absolute atomic E-state index is 0.0235. The lowest BCUT2D eigenvalue weighted by atomic mass is 9.69. The Labute approximate surface area is 252 Å². The van der Waals surface area contributed by atoms with Gasteiger partial charge >= 0.3 is 0 Å². The van der Waals surface area contributed by atoms with Crippen molar-refractivity contribution in [1.29, 1.82) is 5.26 Å². The van der Waals surface area contributed by atoms with Crippen molar-refractivity contribution in [3.63, 3.8) is 0 Å². The Morgan fingerprint density at radius 3 is 2.68 bits per heavy atom. The lowest BCUT2D eigenvalue weighted by Crippen LogP contribution is -2.66. The SMILES string of the molecule is CCOC1CC2NCC(C#N)C(NC3CCC(OCCN4CCC(C)N4)C(Cl)C3)C2CC1NC(=O)CCCN(C)C. The molecule has 0 radical (unpaired) electrons. The quantitative estimate of drug-likeness (QED) is 0.237. The van der Waals surface area contributed by atoms with Crippen LogP contribution in [0.3, 0.4) is 0 Å². The van der Waals surface area contributed by atoms with Gasteiger partial charge in [-0.3, -0.25) is 10.2 Å². The number of fused-ring (bicyclic) bond motifs is 1. The first-order valence-electron chi connectivity index (χ1n) is 16.0. The summed E-state index contributed by atoms with van der Waals surface area (Å²) < 4.78 is 12.4. The van der Waals surface area contributed by atoms with Crippen LogP contribution in [0.4, 0.5) is 0 Å². The lowest BCUT2D eigenvalue weighted by molar-refractivity contribution is -0.124. The molecule has 1 amide bonds. The molecule has 41 heavy (non-hydrogen) atoms. The number of alkyl halides is 1. The first-order chi connectivity index (χ1) is 19.8. The van der Waals surface area contributed by atoms with E-state index >= 15 is 0 Å². The largest absolute Gasteiger partial charge is 0.376 e. The van der Waals surface area contributed by atoms with Gasteiger partial charge in [0.25, 0.3) is 0 Å². The fraction of sp³-hybridized carbons (Fsp3) is 0.933. The molecule has 4 fully saturated rings. The van der Waals surface area contributed by atoms with Crippen molar-refractivity contribution in [2.24, 2.45) is 11.8 Å². The Balaban J connectivity index is 1.32. The van der Waals surface area contributed by atoms with Crippen molar-refractivity contribution < 1.29 is 14.3 Å². The number of rotatable bonds is 13. The van der Waals surface area contributed by atoms with Gasteiger partial charge in [-0.05, 0) is 85.4 Å². The van der Waals surface area contributed by atoms with Crippen molar-refractivity contribution in [2.45, 2.75) is 113 Å². The number of nitriles is 1. The van der Waals surface area contributed by atoms with E-state index in [9.17, 15) is 10.1 Å². The zero-order chi connectivity index (χ0) is 29.4. The minimum atomic E-state index is -0.130. The second kappa shape index (κ2) is 16.2. The third kappa shape index (κ3) is 9.48. The lowest BCUT2D eigenvalue weighted by Gasteiger charge is -2.50. The molecular weight excluding hydrogens is 542 g/mol. The second-order valence-corrected chi connectivity index (χ2v) is 13.5. The normalized spacial score (nSPS) is 38.0. The highest BCUT2D eigenvalue weighted by atomic mass is 35.5. The number of hydrogen-bond acceptors (Lipinski definition) is 9. The van der Waals surface area contributed by atoms with Crippen LogP contribution in [0.2, 0.25) is 0 Å². The van der Waals surface area contributed by atoms with Gasteiger partial charge in [0.2, 0.25) is 5.91 Å². The number of carbonyl (C=O) groups excluding carboxylic acids is 1. The van der Waals surface area contributed by atoms with E-state index in [1.165, 1.54) is 6.42 Å². The first kappa shape index (κ1) is 32.9. The number of carbonyl (C=O) groups is 1. The fourth-order valence-electron chi connectivity index (χ4n) is 7.26. The third-order valence-corrected chi connectivity index (χ3v) is 9.90. The molecule has 234 valence electrons. The molecule has 0 aromatic rings. The number of amides is 1. The molecule has 2 heterocycles. The van der Waals surface area contributed by atoms with Gasteiger partial charge in [0.05, 0.1) is 42.2 Å². The van der Waals surface area contributed by atoms with Gasteiger partial charge in [0.15, 0.2) is 0 Å². The highest BCUT2D eigenvalue weighted by molar-refractivity contribution is 6.21. The number of piperidine rings is 1. The van der Waals surface area contributed by atoms with Crippen LogP contribution >= 0.6 is 11.6 Å². The van der Waals surface area contributed by atoms with Crippen LogP contribution in [0.15, 0.2) is 0 Å². The molecule has 4 aliphatic rings. The Kier molecular flexibility index (Phi) is 13.0. The van der Waals surface area contributed by atoms with Crippen LogP contribution in [0, 0.1) is 23.2 Å². The fourth-order valence-corrected chi connectivity index (χ4v) is 7.68. The van der Waals surface area contributed by atoms with Crippen molar-refractivity contribution in [1.82, 2.24) is 31.3 Å². The Morgan fingerprint density at radius 2 is 2.00 bits per heavy atom. The molecule has 4 N–H and O–H groups in total. The molecule has 11 heteroatoms. The average Bonchev–Trinajstić information content (AvgIpc) is 3.35. The van der Waals surface area contributed by atoms with Gasteiger partial charge in [-0.15, -0.1) is 11.6 Å². The van der Waals surface area contributed by atoms with Gasteiger partial charge in [0.1, 0.15) is 0 Å². The van der Waals surface area contributed by atoms with Crippen molar-refractivity contribution in [2.75, 3.05) is 53.5 Å². The minimum Gasteiger partial charge on any atom is -0.376 e. The van der Waals surface area contributed by atoms with Crippen LogP contribution in [-0.4, -0.2) is 117 Å². The number of nitrogens with zero attached hydrogens (tertiary/aromatic N) is 3. The molecule has 2 aliphatic heterocycles. The zero-order valence-corrected chi connectivity index (χ0v) is 26.4. The van der Waals surface area contributed by atoms with Crippen molar-refractivity contribution in [3.05, 3.63) is 0 Å². The van der Waals surface area contributed by atoms with Gasteiger partial charge in [0, 0.05) is 56.8 Å². The summed E-state index contributed by atoms with van der Waals surface area (Å²) in [5.41, 5.74) is 3.47. The second-order valence-electron chi connectivity index (χ2n) is 12.9. The van der Waals surface area contributed by atoms with Crippen LogP contribution in [0.5, 0.6) is 0 Å². The van der Waals surface area contributed by atoms with Crippen LogP contribution in [-0.2, 0) is 14.3 Å². The summed E-state index contributed by atoms with van der Waals surface area (Å²) in [6, 6.07) is 3.61. The summed E-state index contributed by atoms with van der Waals surface area (Å²) in [6.07, 6.45) is 6.93. The molecule has 0 aromatic heterocycles. The highest BCUT2D eigenvalue weighted by Crippen LogP contribution is 2.36. The standard InChI is InChI=1S/C30H54ClN7O3/c1-5-40-28-17-25-23(16-26(28)35-29(39)7-6-11-37(3)4)30(21(18-32)19-33-25)34-22-8-9-27(24(31)15-22)41-14-13-38-12-10-20(2)36-38/h20-28,30,33-34,36H,5-17,19H2,1-4H3,(H,35,39). The van der Waals surface area contributed by atoms with E-state index < -0.39 is 0 Å². The maximum atomic E-state index is 12.9. The number of ether oxygens (including phenoxy) is 2. The summed E-state index contributed by atoms with van der Waals surface area (Å²) in [6.45, 7) is 9.03. The highest BCUT2D eigenvalue weighted by Gasteiger charge is 2.47. The van der Waals surface area contributed by atoms with E-state index in [4.69, 9.17) is 21.1 Å². The van der Waals surface area contributed by atoms with E-state index in [1.54, 1.807) is 0 Å². The summed E-state index contributed by atoms with van der Waals surface area (Å²) in [5.74, 6) is 0.188. The molecule has 0 spiro atoms.